The number of hydrogen-bond acceptors (Lipinski definition) is 5. The minimum absolute atomic E-state index is 0.201. The lowest BCUT2D eigenvalue weighted by atomic mass is 10.1. The Morgan fingerprint density at radius 2 is 2.05 bits per heavy atom. The quantitative estimate of drug-likeness (QED) is 0.621. The zero-order valence-corrected chi connectivity index (χ0v) is 11.7. The highest BCUT2D eigenvalue weighted by Gasteiger charge is 2.31. The van der Waals surface area contributed by atoms with Crippen molar-refractivity contribution in [3.63, 3.8) is 0 Å². The van der Waals surface area contributed by atoms with E-state index in [0.717, 1.165) is 6.42 Å². The van der Waals surface area contributed by atoms with E-state index in [2.05, 4.69) is 4.72 Å². The number of rotatable bonds is 5. The van der Waals surface area contributed by atoms with E-state index >= 15 is 0 Å². The summed E-state index contributed by atoms with van der Waals surface area (Å²) in [5, 5.41) is 10.9. The number of nitro benzene ring substituents is 1. The molecule has 0 spiro atoms. The van der Waals surface area contributed by atoms with Crippen LogP contribution in [0.25, 0.3) is 0 Å². The summed E-state index contributed by atoms with van der Waals surface area (Å²) in [6, 6.07) is 5.14. The molecule has 1 aliphatic carbocycles. The molecule has 1 aliphatic rings. The first-order valence-electron chi connectivity index (χ1n) is 6.40. The number of nitro groups is 1. The molecule has 0 heterocycles. The zero-order chi connectivity index (χ0) is 14.8. The number of nitrogens with two attached hydrogens (primary N) is 1. The molecule has 2 atom stereocenters. The first-order valence-corrected chi connectivity index (χ1v) is 7.88. The Hall–Kier alpha value is -1.51. The normalized spacial score (nSPS) is 22.9. The van der Waals surface area contributed by atoms with E-state index in [9.17, 15) is 18.5 Å². The standard InChI is InChI=1S/C12H17N3O4S/c13-8-9-5-6-10(7-9)14-20(18,19)12-4-2-1-3-11(12)15(16)17/h1-4,9-10,14H,5-8,13H2. The average Bonchev–Trinajstić information content (AvgIpc) is 2.85. The van der Waals surface area contributed by atoms with E-state index in [0.29, 0.717) is 25.3 Å². The molecule has 2 rings (SSSR count). The van der Waals surface area contributed by atoms with Crippen LogP contribution in [0.5, 0.6) is 0 Å². The van der Waals surface area contributed by atoms with Crippen molar-refractivity contribution in [1.29, 1.82) is 0 Å². The van der Waals surface area contributed by atoms with Crippen molar-refractivity contribution in [1.82, 2.24) is 4.72 Å². The number of nitrogens with zero attached hydrogens (tertiary/aromatic N) is 1. The van der Waals surface area contributed by atoms with Gasteiger partial charge in [-0.05, 0) is 37.8 Å². The highest BCUT2D eigenvalue weighted by molar-refractivity contribution is 7.89. The predicted octanol–water partition coefficient (Wildman–Crippen LogP) is 1.00. The van der Waals surface area contributed by atoms with Crippen molar-refractivity contribution in [2.24, 2.45) is 11.7 Å². The Morgan fingerprint density at radius 3 is 2.65 bits per heavy atom. The van der Waals surface area contributed by atoms with Crippen molar-refractivity contribution in [2.75, 3.05) is 6.54 Å². The summed E-state index contributed by atoms with van der Waals surface area (Å²) >= 11 is 0. The van der Waals surface area contributed by atoms with Crippen LogP contribution in [0.15, 0.2) is 29.2 Å². The van der Waals surface area contributed by atoms with Gasteiger partial charge in [0.05, 0.1) is 4.92 Å². The molecule has 1 saturated carbocycles. The Bertz CT molecular complexity index is 602. The molecule has 8 heteroatoms. The van der Waals surface area contributed by atoms with E-state index in [1.54, 1.807) is 0 Å². The lowest BCUT2D eigenvalue weighted by Gasteiger charge is -2.13. The maximum Gasteiger partial charge on any atom is 0.289 e. The molecule has 3 N–H and O–H groups in total. The van der Waals surface area contributed by atoms with Crippen LogP contribution >= 0.6 is 0 Å². The molecule has 0 radical (unpaired) electrons. The van der Waals surface area contributed by atoms with Crippen LogP contribution in [0, 0.1) is 16.0 Å². The molecule has 0 aliphatic heterocycles. The van der Waals surface area contributed by atoms with Gasteiger partial charge in [0.1, 0.15) is 0 Å². The van der Waals surface area contributed by atoms with Crippen LogP contribution in [-0.2, 0) is 10.0 Å². The first-order chi connectivity index (χ1) is 9.44. The van der Waals surface area contributed by atoms with Crippen LogP contribution in [0.1, 0.15) is 19.3 Å². The topological polar surface area (TPSA) is 115 Å². The molecule has 0 aromatic heterocycles. The summed E-state index contributed by atoms with van der Waals surface area (Å²) in [7, 11) is -3.88. The highest BCUT2D eigenvalue weighted by Crippen LogP contribution is 2.28. The molecule has 1 fully saturated rings. The van der Waals surface area contributed by atoms with Crippen molar-refractivity contribution in [3.05, 3.63) is 34.4 Å². The van der Waals surface area contributed by atoms with Gasteiger partial charge < -0.3 is 5.73 Å². The lowest BCUT2D eigenvalue weighted by Crippen LogP contribution is -2.33. The van der Waals surface area contributed by atoms with Gasteiger partial charge >= 0.3 is 0 Å². The Kier molecular flexibility index (Phi) is 4.36. The van der Waals surface area contributed by atoms with Gasteiger partial charge in [0.15, 0.2) is 4.90 Å². The Morgan fingerprint density at radius 1 is 1.35 bits per heavy atom. The summed E-state index contributed by atoms with van der Waals surface area (Å²) in [5.74, 6) is 0.313. The van der Waals surface area contributed by atoms with Crippen LogP contribution in [0.2, 0.25) is 0 Å². The molecule has 0 amide bonds. The summed E-state index contributed by atoms with van der Waals surface area (Å²) < 4.78 is 27.1. The largest absolute Gasteiger partial charge is 0.330 e. The molecule has 0 saturated heterocycles. The molecule has 110 valence electrons. The van der Waals surface area contributed by atoms with E-state index in [4.69, 9.17) is 5.73 Å². The van der Waals surface area contributed by atoms with Gasteiger partial charge in [-0.2, -0.15) is 0 Å². The lowest BCUT2D eigenvalue weighted by molar-refractivity contribution is -0.387. The van der Waals surface area contributed by atoms with E-state index in [1.165, 1.54) is 24.3 Å². The van der Waals surface area contributed by atoms with Crippen LogP contribution in [-0.4, -0.2) is 25.9 Å². The zero-order valence-electron chi connectivity index (χ0n) is 10.9. The van der Waals surface area contributed by atoms with Crippen LogP contribution in [0.4, 0.5) is 5.69 Å². The molecule has 20 heavy (non-hydrogen) atoms. The number of nitrogens with one attached hydrogen (secondary N) is 1. The van der Waals surface area contributed by atoms with Crippen molar-refractivity contribution < 1.29 is 13.3 Å². The molecule has 0 bridgehead atoms. The summed E-state index contributed by atoms with van der Waals surface area (Å²) in [4.78, 5) is 9.92. The van der Waals surface area contributed by atoms with E-state index in [-0.39, 0.29) is 10.9 Å². The van der Waals surface area contributed by atoms with Gasteiger partial charge in [-0.3, -0.25) is 10.1 Å². The second-order valence-corrected chi connectivity index (χ2v) is 6.64. The van der Waals surface area contributed by atoms with E-state index < -0.39 is 20.6 Å². The third-order valence-electron chi connectivity index (χ3n) is 3.55. The SMILES string of the molecule is NCC1CCC(NS(=O)(=O)c2ccccc2[N+](=O)[O-])C1. The highest BCUT2D eigenvalue weighted by atomic mass is 32.2. The Balaban J connectivity index is 2.21. The predicted molar refractivity (Wildman–Crippen MR) is 73.6 cm³/mol. The summed E-state index contributed by atoms with van der Waals surface area (Å²) in [6.07, 6.45) is 2.26. The fraction of sp³-hybridized carbons (Fsp3) is 0.500. The van der Waals surface area contributed by atoms with Gasteiger partial charge in [-0.15, -0.1) is 0 Å². The van der Waals surface area contributed by atoms with Crippen molar-refractivity contribution >= 4 is 15.7 Å². The number of sulfonamides is 1. The summed E-state index contributed by atoms with van der Waals surface area (Å²) in [6.45, 7) is 0.531. The van der Waals surface area contributed by atoms with Gasteiger partial charge in [0, 0.05) is 12.1 Å². The number of para-hydroxylation sites is 1. The minimum Gasteiger partial charge on any atom is -0.330 e. The van der Waals surface area contributed by atoms with E-state index in [1.807, 2.05) is 0 Å². The molecular weight excluding hydrogens is 282 g/mol. The average molecular weight is 299 g/mol. The third-order valence-corrected chi connectivity index (χ3v) is 5.12. The Labute approximate surface area is 117 Å². The fourth-order valence-electron chi connectivity index (χ4n) is 2.51. The van der Waals surface area contributed by atoms with Gasteiger partial charge in [-0.25, -0.2) is 13.1 Å². The smallest absolute Gasteiger partial charge is 0.289 e. The first kappa shape index (κ1) is 14.9. The summed E-state index contributed by atoms with van der Waals surface area (Å²) in [5.41, 5.74) is 5.16. The second-order valence-electron chi connectivity index (χ2n) is 4.96. The maximum atomic E-state index is 12.3. The van der Waals surface area contributed by atoms with Crippen molar-refractivity contribution in [2.45, 2.75) is 30.2 Å². The fourth-order valence-corrected chi connectivity index (χ4v) is 3.97. The maximum absolute atomic E-state index is 12.3. The van der Waals surface area contributed by atoms with Gasteiger partial charge in [0.25, 0.3) is 5.69 Å². The minimum atomic E-state index is -3.88. The monoisotopic (exact) mass is 299 g/mol. The molecule has 2 unspecified atom stereocenters. The van der Waals surface area contributed by atoms with Crippen molar-refractivity contribution in [3.8, 4) is 0 Å². The number of benzene rings is 1. The van der Waals surface area contributed by atoms with Gasteiger partial charge in [-0.1, -0.05) is 12.1 Å². The van der Waals surface area contributed by atoms with Crippen LogP contribution < -0.4 is 10.5 Å². The molecule has 1 aromatic rings. The van der Waals surface area contributed by atoms with Gasteiger partial charge in [0.2, 0.25) is 10.0 Å². The number of hydrogen-bond donors (Lipinski definition) is 2. The molecule has 7 nitrogen and oxygen atoms in total. The molecule has 1 aromatic carbocycles. The second kappa shape index (κ2) is 5.86. The molecular formula is C12H17N3O4S. The third kappa shape index (κ3) is 3.14. The van der Waals surface area contributed by atoms with Crippen LogP contribution in [0.3, 0.4) is 0 Å².